The third-order valence-corrected chi connectivity index (χ3v) is 4.16. The molecule has 0 fully saturated rings. The number of halogens is 4. The van der Waals surface area contributed by atoms with Crippen molar-refractivity contribution >= 4 is 5.91 Å². The van der Waals surface area contributed by atoms with Gasteiger partial charge in [-0.15, -0.1) is 0 Å². The zero-order valence-corrected chi connectivity index (χ0v) is 15.1. The van der Waals surface area contributed by atoms with Gasteiger partial charge in [0, 0.05) is 25.5 Å². The maximum absolute atomic E-state index is 13.4. The predicted molar refractivity (Wildman–Crippen MR) is 91.8 cm³/mol. The van der Waals surface area contributed by atoms with E-state index in [1.54, 1.807) is 11.7 Å². The highest BCUT2D eigenvalue weighted by atomic mass is 19.4. The number of aromatic nitrogens is 4. The second-order valence-electron chi connectivity index (χ2n) is 6.33. The fourth-order valence-corrected chi connectivity index (χ4v) is 2.65. The first-order valence-electron chi connectivity index (χ1n) is 8.28. The third-order valence-electron chi connectivity index (χ3n) is 4.16. The van der Waals surface area contributed by atoms with E-state index < -0.39 is 23.5 Å². The van der Waals surface area contributed by atoms with Crippen LogP contribution in [0.25, 0.3) is 0 Å². The lowest BCUT2D eigenvalue weighted by molar-refractivity contribution is -0.140. The molecule has 0 bridgehead atoms. The van der Waals surface area contributed by atoms with Gasteiger partial charge in [-0.1, -0.05) is 6.07 Å². The molecule has 2 aromatic heterocycles. The van der Waals surface area contributed by atoms with E-state index in [1.807, 2.05) is 13.0 Å². The number of carbonyl (C=O) groups is 1. The average molecular weight is 395 g/mol. The molecule has 0 aliphatic carbocycles. The second-order valence-corrected chi connectivity index (χ2v) is 6.33. The van der Waals surface area contributed by atoms with Gasteiger partial charge in [0.25, 0.3) is 5.91 Å². The molecule has 1 aromatic carbocycles. The Balaban J connectivity index is 1.66. The summed E-state index contributed by atoms with van der Waals surface area (Å²) in [5.74, 6) is -1.76. The van der Waals surface area contributed by atoms with E-state index in [0.29, 0.717) is 5.69 Å². The van der Waals surface area contributed by atoms with Gasteiger partial charge in [-0.25, -0.2) is 9.37 Å². The van der Waals surface area contributed by atoms with E-state index in [2.05, 4.69) is 15.4 Å². The molecule has 0 radical (unpaired) electrons. The van der Waals surface area contributed by atoms with Crippen molar-refractivity contribution in [3.05, 3.63) is 70.8 Å². The van der Waals surface area contributed by atoms with Gasteiger partial charge >= 0.3 is 6.18 Å². The SMILES string of the molecule is Cc1cc(CNC(=O)c2cn(Cc3ccc(F)c(C(F)(F)F)c3)cn2)nn1C. The fraction of sp³-hybridized carbons (Fsp3) is 0.278. The third kappa shape index (κ3) is 4.38. The molecule has 2 heterocycles. The molecule has 3 rings (SSSR count). The first-order valence-corrected chi connectivity index (χ1v) is 8.28. The molecular weight excluding hydrogens is 378 g/mol. The standard InChI is InChI=1S/C18H17F4N5O/c1-11-5-13(25-26(11)2)7-23-17(28)16-9-27(10-24-16)8-12-3-4-15(19)14(6-12)18(20,21)22/h3-6,9-10H,7-8H2,1-2H3,(H,23,28). The maximum atomic E-state index is 13.4. The average Bonchev–Trinajstić information content (AvgIpc) is 3.20. The number of amides is 1. The first-order chi connectivity index (χ1) is 13.1. The van der Waals surface area contributed by atoms with E-state index in [4.69, 9.17) is 0 Å². The van der Waals surface area contributed by atoms with Crippen LogP contribution in [0, 0.1) is 12.7 Å². The summed E-state index contributed by atoms with van der Waals surface area (Å²) < 4.78 is 54.9. The summed E-state index contributed by atoms with van der Waals surface area (Å²) in [6.07, 6.45) is -2.03. The van der Waals surface area contributed by atoms with Crippen molar-refractivity contribution in [1.29, 1.82) is 0 Å². The molecule has 0 saturated carbocycles. The Hall–Kier alpha value is -3.17. The molecular formula is C18H17F4N5O. The Bertz CT molecular complexity index is 986. The lowest BCUT2D eigenvalue weighted by atomic mass is 10.1. The van der Waals surface area contributed by atoms with Crippen LogP contribution in [0.4, 0.5) is 17.6 Å². The van der Waals surface area contributed by atoms with Crippen molar-refractivity contribution in [3.63, 3.8) is 0 Å². The van der Waals surface area contributed by atoms with Crippen LogP contribution in [0.15, 0.2) is 36.8 Å². The normalized spacial score (nSPS) is 11.6. The summed E-state index contributed by atoms with van der Waals surface area (Å²) in [7, 11) is 1.79. The van der Waals surface area contributed by atoms with Crippen molar-refractivity contribution in [3.8, 4) is 0 Å². The van der Waals surface area contributed by atoms with Crippen LogP contribution in [0.2, 0.25) is 0 Å². The number of nitrogens with one attached hydrogen (secondary N) is 1. The van der Waals surface area contributed by atoms with E-state index >= 15 is 0 Å². The van der Waals surface area contributed by atoms with Gasteiger partial charge in [0.05, 0.1) is 24.1 Å². The number of rotatable bonds is 5. The Labute approximate surface area is 157 Å². The van der Waals surface area contributed by atoms with Crippen LogP contribution in [-0.2, 0) is 26.3 Å². The van der Waals surface area contributed by atoms with Crippen LogP contribution in [0.3, 0.4) is 0 Å². The van der Waals surface area contributed by atoms with Gasteiger partial charge in [0.15, 0.2) is 0 Å². The predicted octanol–water partition coefficient (Wildman–Crippen LogP) is 3.06. The molecule has 0 unspecified atom stereocenters. The van der Waals surface area contributed by atoms with Crippen molar-refractivity contribution in [2.75, 3.05) is 0 Å². The number of aryl methyl sites for hydroxylation is 2. The Kier molecular flexibility index (Phi) is 5.21. The maximum Gasteiger partial charge on any atom is 0.419 e. The van der Waals surface area contributed by atoms with Crippen LogP contribution in [0.1, 0.15) is 33.0 Å². The Morgan fingerprint density at radius 3 is 2.64 bits per heavy atom. The van der Waals surface area contributed by atoms with E-state index in [1.165, 1.54) is 23.2 Å². The molecule has 0 saturated heterocycles. The molecule has 1 amide bonds. The number of hydrogen-bond donors (Lipinski definition) is 1. The summed E-state index contributed by atoms with van der Waals surface area (Å²) in [5, 5.41) is 6.91. The van der Waals surface area contributed by atoms with E-state index in [9.17, 15) is 22.4 Å². The summed E-state index contributed by atoms with van der Waals surface area (Å²) in [6, 6.07) is 4.62. The van der Waals surface area contributed by atoms with Crippen molar-refractivity contribution in [2.24, 2.45) is 7.05 Å². The number of nitrogens with zero attached hydrogens (tertiary/aromatic N) is 4. The minimum atomic E-state index is -4.77. The molecule has 0 atom stereocenters. The van der Waals surface area contributed by atoms with Crippen molar-refractivity contribution < 1.29 is 22.4 Å². The van der Waals surface area contributed by atoms with Crippen molar-refractivity contribution in [1.82, 2.24) is 24.6 Å². The smallest absolute Gasteiger partial charge is 0.345 e. The highest BCUT2D eigenvalue weighted by molar-refractivity contribution is 5.91. The number of carbonyl (C=O) groups excluding carboxylic acids is 1. The van der Waals surface area contributed by atoms with E-state index in [-0.39, 0.29) is 24.3 Å². The number of alkyl halides is 3. The number of imidazole rings is 1. The largest absolute Gasteiger partial charge is 0.419 e. The number of hydrogen-bond acceptors (Lipinski definition) is 3. The molecule has 0 aliphatic rings. The monoisotopic (exact) mass is 395 g/mol. The number of benzene rings is 1. The Morgan fingerprint density at radius 1 is 1.25 bits per heavy atom. The molecule has 1 N–H and O–H groups in total. The first kappa shape index (κ1) is 19.6. The van der Waals surface area contributed by atoms with Gasteiger partial charge in [-0.2, -0.15) is 18.3 Å². The summed E-state index contributed by atoms with van der Waals surface area (Å²) in [4.78, 5) is 16.2. The quantitative estimate of drug-likeness (QED) is 0.676. The minimum Gasteiger partial charge on any atom is -0.345 e. The molecule has 148 valence electrons. The van der Waals surface area contributed by atoms with Gasteiger partial charge in [-0.05, 0) is 30.7 Å². The van der Waals surface area contributed by atoms with Crippen LogP contribution >= 0.6 is 0 Å². The fourth-order valence-electron chi connectivity index (χ4n) is 2.65. The highest BCUT2D eigenvalue weighted by Gasteiger charge is 2.34. The van der Waals surface area contributed by atoms with Crippen LogP contribution in [0.5, 0.6) is 0 Å². The molecule has 3 aromatic rings. The lowest BCUT2D eigenvalue weighted by Gasteiger charge is -2.10. The lowest BCUT2D eigenvalue weighted by Crippen LogP contribution is -2.23. The summed E-state index contributed by atoms with van der Waals surface area (Å²) in [6.45, 7) is 2.13. The molecule has 0 spiro atoms. The van der Waals surface area contributed by atoms with Crippen LogP contribution in [-0.4, -0.2) is 25.2 Å². The molecule has 0 aliphatic heterocycles. The highest BCUT2D eigenvalue weighted by Crippen LogP contribution is 2.32. The summed E-state index contributed by atoms with van der Waals surface area (Å²) >= 11 is 0. The molecule has 10 heteroatoms. The Morgan fingerprint density at radius 2 is 2.00 bits per heavy atom. The zero-order valence-electron chi connectivity index (χ0n) is 15.1. The molecule has 6 nitrogen and oxygen atoms in total. The topological polar surface area (TPSA) is 64.7 Å². The van der Waals surface area contributed by atoms with Gasteiger partial charge < -0.3 is 9.88 Å². The molecule has 28 heavy (non-hydrogen) atoms. The van der Waals surface area contributed by atoms with Crippen LogP contribution < -0.4 is 5.32 Å². The summed E-state index contributed by atoms with van der Waals surface area (Å²) in [5.41, 5.74) is 0.673. The zero-order chi connectivity index (χ0) is 20.5. The van der Waals surface area contributed by atoms with Crippen molar-refractivity contribution in [2.45, 2.75) is 26.2 Å². The minimum absolute atomic E-state index is 0.0169. The van der Waals surface area contributed by atoms with E-state index in [0.717, 1.165) is 17.8 Å². The van der Waals surface area contributed by atoms with Gasteiger partial charge in [0.1, 0.15) is 11.5 Å². The van der Waals surface area contributed by atoms with Gasteiger partial charge in [0.2, 0.25) is 0 Å². The van der Waals surface area contributed by atoms with Gasteiger partial charge in [-0.3, -0.25) is 9.48 Å². The second kappa shape index (κ2) is 7.45.